The van der Waals surface area contributed by atoms with E-state index in [9.17, 15) is 4.79 Å². The molecule has 0 aromatic carbocycles. The van der Waals surface area contributed by atoms with E-state index < -0.39 is 5.60 Å². The SMILES string of the molecule is CCC(NCC1CCN(C(=O)OC(C)(C)C)C1)C(C)C. The molecule has 1 amide bonds. The van der Waals surface area contributed by atoms with E-state index in [-0.39, 0.29) is 6.09 Å². The van der Waals surface area contributed by atoms with Crippen LogP contribution in [0.1, 0.15) is 54.4 Å². The average molecular weight is 284 g/mol. The van der Waals surface area contributed by atoms with Crippen molar-refractivity contribution in [2.24, 2.45) is 11.8 Å². The van der Waals surface area contributed by atoms with Crippen molar-refractivity contribution in [2.75, 3.05) is 19.6 Å². The molecule has 20 heavy (non-hydrogen) atoms. The van der Waals surface area contributed by atoms with E-state index in [0.717, 1.165) is 32.5 Å². The summed E-state index contributed by atoms with van der Waals surface area (Å²) in [6.45, 7) is 15.1. The van der Waals surface area contributed by atoms with Gasteiger partial charge in [-0.3, -0.25) is 0 Å². The second kappa shape index (κ2) is 7.30. The molecular weight excluding hydrogens is 252 g/mol. The molecule has 1 fully saturated rings. The molecule has 4 nitrogen and oxygen atoms in total. The highest BCUT2D eigenvalue weighted by molar-refractivity contribution is 5.68. The first-order chi connectivity index (χ1) is 9.23. The number of nitrogens with one attached hydrogen (secondary N) is 1. The van der Waals surface area contributed by atoms with Crippen LogP contribution in [0.4, 0.5) is 4.79 Å². The molecule has 1 rings (SSSR count). The maximum atomic E-state index is 12.0. The Balaban J connectivity index is 2.34. The summed E-state index contributed by atoms with van der Waals surface area (Å²) in [5.74, 6) is 1.21. The summed E-state index contributed by atoms with van der Waals surface area (Å²) >= 11 is 0. The maximum absolute atomic E-state index is 12.0. The van der Waals surface area contributed by atoms with E-state index in [1.165, 1.54) is 0 Å². The largest absolute Gasteiger partial charge is 0.444 e. The second-order valence-corrected chi connectivity index (χ2v) is 7.25. The maximum Gasteiger partial charge on any atom is 0.410 e. The van der Waals surface area contributed by atoms with Gasteiger partial charge in [0.2, 0.25) is 0 Å². The molecule has 0 aromatic rings. The summed E-state index contributed by atoms with van der Waals surface area (Å²) in [6.07, 6.45) is 2.05. The summed E-state index contributed by atoms with van der Waals surface area (Å²) in [4.78, 5) is 13.8. The molecule has 2 unspecified atom stereocenters. The van der Waals surface area contributed by atoms with Gasteiger partial charge in [-0.1, -0.05) is 20.8 Å². The molecule has 1 aliphatic rings. The highest BCUT2D eigenvalue weighted by atomic mass is 16.6. The third kappa shape index (κ3) is 5.70. The normalized spacial score (nSPS) is 21.4. The van der Waals surface area contributed by atoms with Gasteiger partial charge in [-0.25, -0.2) is 4.79 Å². The minimum Gasteiger partial charge on any atom is -0.444 e. The first-order valence-electron chi connectivity index (χ1n) is 7.94. The lowest BCUT2D eigenvalue weighted by Gasteiger charge is -2.25. The molecule has 0 aromatic heterocycles. The Morgan fingerprint density at radius 3 is 2.55 bits per heavy atom. The molecule has 0 bridgehead atoms. The minimum absolute atomic E-state index is 0.170. The zero-order valence-corrected chi connectivity index (χ0v) is 14.0. The second-order valence-electron chi connectivity index (χ2n) is 7.25. The van der Waals surface area contributed by atoms with E-state index in [2.05, 4.69) is 26.1 Å². The average Bonchev–Trinajstić information content (AvgIpc) is 2.76. The molecular formula is C16H32N2O2. The van der Waals surface area contributed by atoms with Crippen molar-refractivity contribution in [3.05, 3.63) is 0 Å². The van der Waals surface area contributed by atoms with Gasteiger partial charge in [0.15, 0.2) is 0 Å². The van der Waals surface area contributed by atoms with Gasteiger partial charge >= 0.3 is 6.09 Å². The Hall–Kier alpha value is -0.770. The predicted octanol–water partition coefficient (Wildman–Crippen LogP) is 3.27. The Kier molecular flexibility index (Phi) is 6.31. The van der Waals surface area contributed by atoms with Gasteiger partial charge in [0.1, 0.15) is 5.60 Å². The molecule has 0 spiro atoms. The van der Waals surface area contributed by atoms with E-state index in [1.807, 2.05) is 25.7 Å². The summed E-state index contributed by atoms with van der Waals surface area (Å²) in [7, 11) is 0. The smallest absolute Gasteiger partial charge is 0.410 e. The van der Waals surface area contributed by atoms with E-state index in [1.54, 1.807) is 0 Å². The van der Waals surface area contributed by atoms with Crippen LogP contribution in [0.5, 0.6) is 0 Å². The number of rotatable bonds is 5. The first-order valence-corrected chi connectivity index (χ1v) is 7.94. The summed E-state index contributed by atoms with van der Waals surface area (Å²) < 4.78 is 5.42. The fourth-order valence-electron chi connectivity index (χ4n) is 2.66. The lowest BCUT2D eigenvalue weighted by Crippen LogP contribution is -2.39. The first kappa shape index (κ1) is 17.3. The molecule has 1 heterocycles. The standard InChI is InChI=1S/C16H32N2O2/c1-7-14(12(2)3)17-10-13-8-9-18(11-13)15(19)20-16(4,5)6/h12-14,17H,7-11H2,1-6H3. The van der Waals surface area contributed by atoms with Gasteiger partial charge in [-0.2, -0.15) is 0 Å². The minimum atomic E-state index is -0.404. The van der Waals surface area contributed by atoms with Crippen LogP contribution in [0.15, 0.2) is 0 Å². The number of likely N-dealkylation sites (tertiary alicyclic amines) is 1. The van der Waals surface area contributed by atoms with Gasteiger partial charge in [0.05, 0.1) is 0 Å². The van der Waals surface area contributed by atoms with Gasteiger partial charge in [-0.05, 0) is 52.0 Å². The Labute approximate surface area is 124 Å². The Morgan fingerprint density at radius 2 is 2.05 bits per heavy atom. The third-order valence-electron chi connectivity index (χ3n) is 3.85. The molecule has 0 radical (unpaired) electrons. The fourth-order valence-corrected chi connectivity index (χ4v) is 2.66. The zero-order chi connectivity index (χ0) is 15.3. The van der Waals surface area contributed by atoms with Crippen LogP contribution in [0, 0.1) is 11.8 Å². The lowest BCUT2D eigenvalue weighted by molar-refractivity contribution is 0.0288. The molecule has 2 atom stereocenters. The number of carbonyl (C=O) groups is 1. The van der Waals surface area contributed by atoms with Crippen molar-refractivity contribution in [2.45, 2.75) is 66.0 Å². The molecule has 1 saturated heterocycles. The van der Waals surface area contributed by atoms with Crippen molar-refractivity contribution >= 4 is 6.09 Å². The van der Waals surface area contributed by atoms with Crippen LogP contribution in [0.25, 0.3) is 0 Å². The van der Waals surface area contributed by atoms with Gasteiger partial charge in [0.25, 0.3) is 0 Å². The number of ether oxygens (including phenoxy) is 1. The van der Waals surface area contributed by atoms with E-state index >= 15 is 0 Å². The van der Waals surface area contributed by atoms with Gasteiger partial charge in [-0.15, -0.1) is 0 Å². The predicted molar refractivity (Wildman–Crippen MR) is 82.8 cm³/mol. The molecule has 1 N–H and O–H groups in total. The van der Waals surface area contributed by atoms with Crippen molar-refractivity contribution < 1.29 is 9.53 Å². The van der Waals surface area contributed by atoms with Crippen molar-refractivity contribution in [1.82, 2.24) is 10.2 Å². The van der Waals surface area contributed by atoms with Crippen LogP contribution in [-0.4, -0.2) is 42.3 Å². The van der Waals surface area contributed by atoms with Crippen molar-refractivity contribution in [1.29, 1.82) is 0 Å². The quantitative estimate of drug-likeness (QED) is 0.842. The molecule has 0 aliphatic carbocycles. The van der Waals surface area contributed by atoms with E-state index in [4.69, 9.17) is 4.74 Å². The number of carbonyl (C=O) groups excluding carboxylic acids is 1. The highest BCUT2D eigenvalue weighted by Gasteiger charge is 2.29. The van der Waals surface area contributed by atoms with Crippen LogP contribution in [-0.2, 0) is 4.74 Å². The van der Waals surface area contributed by atoms with Gasteiger partial charge in [0, 0.05) is 19.1 Å². The number of amides is 1. The van der Waals surface area contributed by atoms with Crippen molar-refractivity contribution in [3.63, 3.8) is 0 Å². The van der Waals surface area contributed by atoms with E-state index in [0.29, 0.717) is 17.9 Å². The zero-order valence-electron chi connectivity index (χ0n) is 14.0. The molecule has 118 valence electrons. The summed E-state index contributed by atoms with van der Waals surface area (Å²) in [6, 6.07) is 0.575. The van der Waals surface area contributed by atoms with Gasteiger partial charge < -0.3 is 15.0 Å². The number of hydrogen-bond acceptors (Lipinski definition) is 3. The summed E-state index contributed by atoms with van der Waals surface area (Å²) in [5, 5.41) is 3.64. The topological polar surface area (TPSA) is 41.6 Å². The van der Waals surface area contributed by atoms with Crippen LogP contribution >= 0.6 is 0 Å². The van der Waals surface area contributed by atoms with Crippen LogP contribution < -0.4 is 5.32 Å². The van der Waals surface area contributed by atoms with Crippen molar-refractivity contribution in [3.8, 4) is 0 Å². The summed E-state index contributed by atoms with van der Waals surface area (Å²) in [5.41, 5.74) is -0.404. The highest BCUT2D eigenvalue weighted by Crippen LogP contribution is 2.19. The fraction of sp³-hybridized carbons (Fsp3) is 0.938. The Morgan fingerprint density at radius 1 is 1.40 bits per heavy atom. The third-order valence-corrected chi connectivity index (χ3v) is 3.85. The van der Waals surface area contributed by atoms with Crippen LogP contribution in [0.2, 0.25) is 0 Å². The molecule has 1 aliphatic heterocycles. The number of nitrogens with zero attached hydrogens (tertiary/aromatic N) is 1. The monoisotopic (exact) mass is 284 g/mol. The van der Waals surface area contributed by atoms with Crippen LogP contribution in [0.3, 0.4) is 0 Å². The Bertz CT molecular complexity index is 310. The molecule has 0 saturated carbocycles. The number of hydrogen-bond donors (Lipinski definition) is 1. The molecule has 4 heteroatoms. The lowest BCUT2D eigenvalue weighted by atomic mass is 10.0.